The van der Waals surface area contributed by atoms with E-state index in [0.717, 1.165) is 0 Å². The minimum absolute atomic E-state index is 0.0865. The van der Waals surface area contributed by atoms with Crippen LogP contribution in [0.1, 0.15) is 19.4 Å². The van der Waals surface area contributed by atoms with E-state index in [0.29, 0.717) is 6.61 Å². The first-order chi connectivity index (χ1) is 7.02. The van der Waals surface area contributed by atoms with Gasteiger partial charge in [0.25, 0.3) is 0 Å². The van der Waals surface area contributed by atoms with Crippen LogP contribution in [0.5, 0.6) is 0 Å². The zero-order valence-electron chi connectivity index (χ0n) is 8.77. The molecule has 0 bridgehead atoms. The van der Waals surface area contributed by atoms with Gasteiger partial charge in [0.05, 0.1) is 6.61 Å². The molecular weight excluding hydrogens is 212 g/mol. The van der Waals surface area contributed by atoms with Crippen LogP contribution in [-0.2, 0) is 10.2 Å². The standard InChI is InChI=1S/C11H13ClN2O/c1-10(2,8-15-11(12)13-14-11)9-6-4-3-5-7-9/h3-7H,8H2,1-2H3. The van der Waals surface area contributed by atoms with E-state index in [9.17, 15) is 0 Å². The largest absolute Gasteiger partial charge is 0.375 e. The molecule has 0 saturated carbocycles. The van der Waals surface area contributed by atoms with Gasteiger partial charge in [-0.3, -0.25) is 0 Å². The maximum Gasteiger partial charge on any atom is 0.375 e. The van der Waals surface area contributed by atoms with Crippen LogP contribution in [0.15, 0.2) is 40.6 Å². The maximum atomic E-state index is 5.78. The first-order valence-corrected chi connectivity index (χ1v) is 5.22. The van der Waals surface area contributed by atoms with E-state index in [2.05, 4.69) is 36.2 Å². The van der Waals surface area contributed by atoms with Gasteiger partial charge in [0.15, 0.2) is 0 Å². The highest BCUT2D eigenvalue weighted by molar-refractivity contribution is 6.23. The van der Waals surface area contributed by atoms with Gasteiger partial charge in [-0.25, -0.2) is 0 Å². The molecule has 0 aromatic heterocycles. The number of alkyl halides is 1. The third-order valence-corrected chi connectivity index (χ3v) is 2.69. The molecule has 80 valence electrons. The number of nitrogens with zero attached hydrogens (tertiary/aromatic N) is 2. The minimum atomic E-state index is -1.09. The normalized spacial score (nSPS) is 17.8. The number of ether oxygens (including phenoxy) is 1. The Labute approximate surface area is 94.1 Å². The second-order valence-electron chi connectivity index (χ2n) is 4.27. The molecule has 1 aliphatic rings. The van der Waals surface area contributed by atoms with E-state index in [1.165, 1.54) is 5.56 Å². The van der Waals surface area contributed by atoms with Crippen molar-refractivity contribution in [3.63, 3.8) is 0 Å². The molecule has 0 radical (unpaired) electrons. The molecule has 0 amide bonds. The zero-order chi connectivity index (χ0) is 10.9. The molecule has 1 heterocycles. The Morgan fingerprint density at radius 1 is 1.27 bits per heavy atom. The predicted molar refractivity (Wildman–Crippen MR) is 58.9 cm³/mol. The van der Waals surface area contributed by atoms with E-state index in [1.54, 1.807) is 0 Å². The number of hydrogen-bond acceptors (Lipinski definition) is 3. The number of rotatable bonds is 4. The van der Waals surface area contributed by atoms with E-state index >= 15 is 0 Å². The molecule has 0 fully saturated rings. The fraction of sp³-hybridized carbons (Fsp3) is 0.455. The van der Waals surface area contributed by atoms with Gasteiger partial charge in [-0.15, -0.1) is 10.2 Å². The Morgan fingerprint density at radius 3 is 2.40 bits per heavy atom. The zero-order valence-corrected chi connectivity index (χ0v) is 9.53. The average Bonchev–Trinajstić information content (AvgIpc) is 2.96. The summed E-state index contributed by atoms with van der Waals surface area (Å²) in [6.45, 7) is 4.70. The molecular formula is C11H13ClN2O. The van der Waals surface area contributed by atoms with Crippen molar-refractivity contribution in [1.29, 1.82) is 0 Å². The molecule has 1 aromatic rings. The van der Waals surface area contributed by atoms with Gasteiger partial charge in [-0.2, -0.15) is 0 Å². The quantitative estimate of drug-likeness (QED) is 0.571. The second-order valence-corrected chi connectivity index (χ2v) is 4.76. The minimum Gasteiger partial charge on any atom is -0.319 e. The third kappa shape index (κ3) is 2.55. The summed E-state index contributed by atoms with van der Waals surface area (Å²) in [6, 6.07) is 10.2. The molecule has 1 aliphatic heterocycles. The van der Waals surface area contributed by atoms with Gasteiger partial charge in [0.2, 0.25) is 0 Å². The molecule has 0 N–H and O–H groups in total. The second kappa shape index (κ2) is 3.58. The Bertz CT molecular complexity index is 369. The lowest BCUT2D eigenvalue weighted by molar-refractivity contribution is 0.0464. The molecule has 0 saturated heterocycles. The van der Waals surface area contributed by atoms with Crippen molar-refractivity contribution < 1.29 is 4.74 Å². The van der Waals surface area contributed by atoms with Crippen LogP contribution in [0.4, 0.5) is 0 Å². The Balaban J connectivity index is 2.00. The summed E-state index contributed by atoms with van der Waals surface area (Å²) in [5, 5.41) is 6.11. The predicted octanol–water partition coefficient (Wildman–Crippen LogP) is 3.30. The highest BCUT2D eigenvalue weighted by Crippen LogP contribution is 2.36. The van der Waals surface area contributed by atoms with Crippen LogP contribution in [0.25, 0.3) is 0 Å². The lowest BCUT2D eigenvalue weighted by Gasteiger charge is -2.25. The van der Waals surface area contributed by atoms with Crippen LogP contribution in [-0.4, -0.2) is 11.9 Å². The van der Waals surface area contributed by atoms with Crippen LogP contribution in [0.3, 0.4) is 0 Å². The Morgan fingerprint density at radius 2 is 1.87 bits per heavy atom. The van der Waals surface area contributed by atoms with Crippen molar-refractivity contribution in [2.45, 2.75) is 24.6 Å². The van der Waals surface area contributed by atoms with E-state index in [-0.39, 0.29) is 5.41 Å². The van der Waals surface area contributed by atoms with Gasteiger partial charge in [-0.1, -0.05) is 44.2 Å². The van der Waals surface area contributed by atoms with Crippen molar-refractivity contribution in [2.75, 3.05) is 6.61 Å². The summed E-state index contributed by atoms with van der Waals surface area (Å²) in [4.78, 5) is 0. The third-order valence-electron chi connectivity index (χ3n) is 2.43. The summed E-state index contributed by atoms with van der Waals surface area (Å²) in [6.07, 6.45) is 0. The van der Waals surface area contributed by atoms with Gasteiger partial charge >= 0.3 is 5.31 Å². The molecule has 0 aliphatic carbocycles. The van der Waals surface area contributed by atoms with E-state index in [1.807, 2.05) is 18.2 Å². The van der Waals surface area contributed by atoms with Gasteiger partial charge in [0.1, 0.15) is 0 Å². The summed E-state index contributed by atoms with van der Waals surface area (Å²) >= 11 is 5.78. The van der Waals surface area contributed by atoms with E-state index < -0.39 is 5.31 Å². The van der Waals surface area contributed by atoms with Crippen LogP contribution >= 0.6 is 11.6 Å². The van der Waals surface area contributed by atoms with E-state index in [4.69, 9.17) is 16.3 Å². The molecule has 3 nitrogen and oxygen atoms in total. The van der Waals surface area contributed by atoms with Crippen molar-refractivity contribution in [3.8, 4) is 0 Å². The fourth-order valence-corrected chi connectivity index (χ4v) is 1.43. The molecule has 0 spiro atoms. The SMILES string of the molecule is CC(C)(COC1(Cl)N=N1)c1ccccc1. The smallest absolute Gasteiger partial charge is 0.319 e. The Kier molecular flexibility index (Phi) is 2.52. The summed E-state index contributed by atoms with van der Waals surface area (Å²) in [7, 11) is 0. The molecule has 0 unspecified atom stereocenters. The molecule has 2 rings (SSSR count). The van der Waals surface area contributed by atoms with Crippen molar-refractivity contribution in [1.82, 2.24) is 0 Å². The number of benzene rings is 1. The number of halogens is 1. The van der Waals surface area contributed by atoms with Crippen molar-refractivity contribution >= 4 is 11.6 Å². The topological polar surface area (TPSA) is 34.0 Å². The van der Waals surface area contributed by atoms with Crippen molar-refractivity contribution in [2.24, 2.45) is 10.2 Å². The average molecular weight is 225 g/mol. The summed E-state index contributed by atoms with van der Waals surface area (Å²) < 4.78 is 5.39. The first kappa shape index (κ1) is 10.6. The monoisotopic (exact) mass is 224 g/mol. The Hall–Kier alpha value is -0.930. The lowest BCUT2D eigenvalue weighted by atomic mass is 9.86. The molecule has 1 aromatic carbocycles. The fourth-order valence-electron chi connectivity index (χ4n) is 1.34. The van der Waals surface area contributed by atoms with Crippen molar-refractivity contribution in [3.05, 3.63) is 35.9 Å². The highest BCUT2D eigenvalue weighted by Gasteiger charge is 2.41. The summed E-state index contributed by atoms with van der Waals surface area (Å²) in [5.74, 6) is 0. The van der Waals surface area contributed by atoms with Crippen LogP contribution in [0.2, 0.25) is 0 Å². The summed E-state index contributed by atoms with van der Waals surface area (Å²) in [5.41, 5.74) is 1.13. The molecule has 15 heavy (non-hydrogen) atoms. The van der Waals surface area contributed by atoms with Gasteiger partial charge in [-0.05, 0) is 17.2 Å². The first-order valence-electron chi connectivity index (χ1n) is 4.84. The van der Waals surface area contributed by atoms with Crippen LogP contribution in [0, 0.1) is 0 Å². The lowest BCUT2D eigenvalue weighted by Crippen LogP contribution is -2.27. The van der Waals surface area contributed by atoms with Gasteiger partial charge < -0.3 is 4.74 Å². The van der Waals surface area contributed by atoms with Crippen LogP contribution < -0.4 is 0 Å². The number of hydrogen-bond donors (Lipinski definition) is 0. The highest BCUT2D eigenvalue weighted by atomic mass is 35.5. The maximum absolute atomic E-state index is 5.78. The van der Waals surface area contributed by atoms with Gasteiger partial charge in [0, 0.05) is 5.41 Å². The molecule has 4 heteroatoms. The molecule has 0 atom stereocenters.